The SMILES string of the molecule is CCCC.CCl. The summed E-state index contributed by atoms with van der Waals surface area (Å²) < 4.78 is 0. The number of hydrogen-bond donors (Lipinski definition) is 0. The predicted molar refractivity (Wildman–Crippen MR) is 32.4 cm³/mol. The van der Waals surface area contributed by atoms with Gasteiger partial charge in [0.1, 0.15) is 0 Å². The van der Waals surface area contributed by atoms with Gasteiger partial charge in [0.15, 0.2) is 0 Å². The Bertz CT molecular complexity index is 5.90. The summed E-state index contributed by atoms with van der Waals surface area (Å²) >= 11 is 4.64. The zero-order valence-electron chi connectivity index (χ0n) is 4.79. The van der Waals surface area contributed by atoms with Crippen molar-refractivity contribution in [2.75, 3.05) is 6.38 Å². The van der Waals surface area contributed by atoms with Gasteiger partial charge >= 0.3 is 0 Å². The van der Waals surface area contributed by atoms with E-state index in [2.05, 4.69) is 25.4 Å². The van der Waals surface area contributed by atoms with Crippen LogP contribution in [-0.4, -0.2) is 6.38 Å². The van der Waals surface area contributed by atoms with E-state index in [9.17, 15) is 0 Å². The molecule has 0 amide bonds. The predicted octanol–water partition coefficient (Wildman–Crippen LogP) is 2.66. The molecule has 0 aromatic rings. The zero-order chi connectivity index (χ0) is 5.41. The maximum atomic E-state index is 4.64. The van der Waals surface area contributed by atoms with Crippen LogP contribution in [0.1, 0.15) is 26.7 Å². The van der Waals surface area contributed by atoms with Crippen LogP contribution in [0, 0.1) is 0 Å². The minimum absolute atomic E-state index is 1.32. The molecule has 0 spiro atoms. The van der Waals surface area contributed by atoms with E-state index in [4.69, 9.17) is 0 Å². The lowest BCUT2D eigenvalue weighted by atomic mass is 10.4. The van der Waals surface area contributed by atoms with Crippen molar-refractivity contribution in [1.29, 1.82) is 0 Å². The van der Waals surface area contributed by atoms with Crippen molar-refractivity contribution in [2.24, 2.45) is 0 Å². The number of hydrogen-bond acceptors (Lipinski definition) is 0. The average molecular weight is 109 g/mol. The number of halogens is 1. The molecule has 1 heteroatoms. The van der Waals surface area contributed by atoms with Crippen molar-refractivity contribution in [1.82, 2.24) is 0 Å². The van der Waals surface area contributed by atoms with E-state index in [-0.39, 0.29) is 0 Å². The molecule has 6 heavy (non-hydrogen) atoms. The first-order chi connectivity index (χ1) is 2.91. The summed E-state index contributed by atoms with van der Waals surface area (Å²) in [4.78, 5) is 0. The maximum Gasteiger partial charge on any atom is 0.0108 e. The van der Waals surface area contributed by atoms with Crippen molar-refractivity contribution in [3.63, 3.8) is 0 Å². The highest BCUT2D eigenvalue weighted by atomic mass is 35.5. The molecule has 0 rings (SSSR count). The van der Waals surface area contributed by atoms with Crippen LogP contribution in [0.3, 0.4) is 0 Å². The van der Waals surface area contributed by atoms with Gasteiger partial charge in [0.05, 0.1) is 0 Å². The third-order valence-corrected chi connectivity index (χ3v) is 0.500. The molecule has 0 N–H and O–H groups in total. The molecule has 0 atom stereocenters. The third-order valence-electron chi connectivity index (χ3n) is 0.500. The number of unbranched alkanes of at least 4 members (excludes halogenated alkanes) is 1. The van der Waals surface area contributed by atoms with Gasteiger partial charge in [-0.1, -0.05) is 26.7 Å². The summed E-state index contributed by atoms with van der Waals surface area (Å²) in [5.74, 6) is 0. The average Bonchev–Trinajstić information content (AvgIpc) is 1.72. The zero-order valence-corrected chi connectivity index (χ0v) is 5.55. The summed E-state index contributed by atoms with van der Waals surface area (Å²) in [6.07, 6.45) is 4.11. The first-order valence-corrected chi connectivity index (χ1v) is 3.05. The fourth-order valence-electron chi connectivity index (χ4n) is 0. The van der Waals surface area contributed by atoms with Crippen molar-refractivity contribution < 1.29 is 0 Å². The monoisotopic (exact) mass is 108 g/mol. The van der Waals surface area contributed by atoms with Crippen LogP contribution in [-0.2, 0) is 0 Å². The van der Waals surface area contributed by atoms with Crippen LogP contribution in [0.5, 0.6) is 0 Å². The molecule has 0 aliphatic rings. The summed E-state index contributed by atoms with van der Waals surface area (Å²) in [5, 5.41) is 0. The molecule has 0 unspecified atom stereocenters. The molecule has 0 aromatic heterocycles. The van der Waals surface area contributed by atoms with Gasteiger partial charge < -0.3 is 0 Å². The second kappa shape index (κ2) is 18.6. The molecular weight excluding hydrogens is 95.5 g/mol. The maximum absolute atomic E-state index is 4.64. The second-order valence-corrected chi connectivity index (χ2v) is 1.000. The highest BCUT2D eigenvalue weighted by molar-refractivity contribution is 6.15. The Morgan fingerprint density at radius 3 is 1.17 bits per heavy atom. The van der Waals surface area contributed by atoms with E-state index in [1.807, 2.05) is 0 Å². The quantitative estimate of drug-likeness (QED) is 0.453. The van der Waals surface area contributed by atoms with Gasteiger partial charge in [-0.2, -0.15) is 0 Å². The van der Waals surface area contributed by atoms with Gasteiger partial charge in [-0.05, 0) is 0 Å². The van der Waals surface area contributed by atoms with Gasteiger partial charge in [0.25, 0.3) is 0 Å². The Morgan fingerprint density at radius 1 is 1.00 bits per heavy atom. The minimum Gasteiger partial charge on any atom is -0.130 e. The molecule has 0 aromatic carbocycles. The molecule has 0 aliphatic heterocycles. The lowest BCUT2D eigenvalue weighted by molar-refractivity contribution is 0.886. The molecule has 0 saturated carbocycles. The number of rotatable bonds is 1. The second-order valence-electron chi connectivity index (χ2n) is 1.000. The Hall–Kier alpha value is 0.290. The molecule has 40 valence electrons. The van der Waals surface area contributed by atoms with Crippen molar-refractivity contribution >= 4 is 11.6 Å². The molecule has 0 nitrogen and oxygen atoms in total. The fourth-order valence-corrected chi connectivity index (χ4v) is 0. The summed E-state index contributed by atoms with van der Waals surface area (Å²) in [6, 6.07) is 0. The molecular formula is C5H13Cl. The van der Waals surface area contributed by atoms with Crippen molar-refractivity contribution in [3.05, 3.63) is 0 Å². The van der Waals surface area contributed by atoms with Gasteiger partial charge in [-0.25, -0.2) is 0 Å². The van der Waals surface area contributed by atoms with E-state index in [0.29, 0.717) is 0 Å². The Labute approximate surface area is 45.5 Å². The Morgan fingerprint density at radius 2 is 1.17 bits per heavy atom. The van der Waals surface area contributed by atoms with E-state index in [1.165, 1.54) is 19.2 Å². The first kappa shape index (κ1) is 9.56. The van der Waals surface area contributed by atoms with Crippen LogP contribution >= 0.6 is 11.6 Å². The highest BCUT2D eigenvalue weighted by Crippen LogP contribution is 1.76. The van der Waals surface area contributed by atoms with Crippen LogP contribution in [0.25, 0.3) is 0 Å². The normalized spacial score (nSPS) is 6.00. The van der Waals surface area contributed by atoms with Crippen LogP contribution in [0.15, 0.2) is 0 Å². The molecule has 0 bridgehead atoms. The smallest absolute Gasteiger partial charge is 0.0108 e. The van der Waals surface area contributed by atoms with E-state index < -0.39 is 0 Å². The Balaban J connectivity index is 0. The lowest BCUT2D eigenvalue weighted by Crippen LogP contribution is -1.47. The van der Waals surface area contributed by atoms with Gasteiger partial charge in [-0.15, -0.1) is 11.6 Å². The van der Waals surface area contributed by atoms with Crippen molar-refractivity contribution in [2.45, 2.75) is 26.7 Å². The summed E-state index contributed by atoms with van der Waals surface area (Å²) in [6.45, 7) is 4.36. The molecule has 0 saturated heterocycles. The number of alkyl halides is 1. The van der Waals surface area contributed by atoms with E-state index in [1.54, 1.807) is 0 Å². The van der Waals surface area contributed by atoms with Gasteiger partial charge in [0, 0.05) is 6.38 Å². The molecule has 0 heterocycles. The standard InChI is InChI=1S/C4H10.CH3Cl/c1-3-4-2;1-2/h3-4H2,1-2H3;1H3. The van der Waals surface area contributed by atoms with Crippen LogP contribution in [0.4, 0.5) is 0 Å². The minimum atomic E-state index is 1.32. The van der Waals surface area contributed by atoms with Crippen LogP contribution in [0.2, 0.25) is 0 Å². The topological polar surface area (TPSA) is 0 Å². The van der Waals surface area contributed by atoms with Crippen molar-refractivity contribution in [3.8, 4) is 0 Å². The van der Waals surface area contributed by atoms with E-state index >= 15 is 0 Å². The largest absolute Gasteiger partial charge is 0.130 e. The van der Waals surface area contributed by atoms with Gasteiger partial charge in [-0.3, -0.25) is 0 Å². The lowest BCUT2D eigenvalue weighted by Gasteiger charge is -1.68. The van der Waals surface area contributed by atoms with E-state index in [0.717, 1.165) is 0 Å². The summed E-state index contributed by atoms with van der Waals surface area (Å²) in [5.41, 5.74) is 0. The van der Waals surface area contributed by atoms with Gasteiger partial charge in [0.2, 0.25) is 0 Å². The van der Waals surface area contributed by atoms with Crippen LogP contribution < -0.4 is 0 Å². The molecule has 0 aliphatic carbocycles. The molecule has 0 fully saturated rings. The molecule has 0 radical (unpaired) electrons. The fraction of sp³-hybridized carbons (Fsp3) is 1.00. The summed E-state index contributed by atoms with van der Waals surface area (Å²) in [7, 11) is 0. The highest BCUT2D eigenvalue weighted by Gasteiger charge is 1.56. The first-order valence-electron chi connectivity index (χ1n) is 2.29. The third kappa shape index (κ3) is 27.9. The Kier molecular flexibility index (Phi) is 29.6.